The quantitative estimate of drug-likeness (QED) is 0.648. The van der Waals surface area contributed by atoms with E-state index in [1.807, 2.05) is 0 Å². The highest BCUT2D eigenvalue weighted by Crippen LogP contribution is 2.46. The molecule has 1 heterocycles. The molecule has 2 saturated carbocycles. The Kier molecular flexibility index (Phi) is 2.73. The van der Waals surface area contributed by atoms with Crippen molar-refractivity contribution in [3.05, 3.63) is 0 Å². The fourth-order valence-corrected chi connectivity index (χ4v) is 4.06. The number of fused-ring (bicyclic) bond motifs is 2. The lowest BCUT2D eigenvalue weighted by Crippen LogP contribution is -2.41. The van der Waals surface area contributed by atoms with Crippen LogP contribution in [0.3, 0.4) is 0 Å². The molecule has 0 aromatic rings. The van der Waals surface area contributed by atoms with Crippen LogP contribution in [0, 0.1) is 11.8 Å². The summed E-state index contributed by atoms with van der Waals surface area (Å²) in [5.74, 6) is 2.17. The molecule has 1 aliphatic heterocycles. The monoisotopic (exact) mass is 208 g/mol. The van der Waals surface area contributed by atoms with E-state index >= 15 is 0 Å². The molecule has 0 amide bonds. The van der Waals surface area contributed by atoms with Crippen molar-refractivity contribution in [3.8, 4) is 0 Å². The summed E-state index contributed by atoms with van der Waals surface area (Å²) in [5, 5.41) is 0. The van der Waals surface area contributed by atoms with Gasteiger partial charge in [0.05, 0.1) is 0 Å². The van der Waals surface area contributed by atoms with Gasteiger partial charge in [0.15, 0.2) is 0 Å². The predicted octanol–water partition coefficient (Wildman–Crippen LogP) is 1.81. The maximum absolute atomic E-state index is 2.81. The first-order valence-electron chi connectivity index (χ1n) is 6.75. The maximum Gasteiger partial charge on any atom is 0.0127 e. The van der Waals surface area contributed by atoms with Crippen LogP contribution in [0.5, 0.6) is 0 Å². The van der Waals surface area contributed by atoms with Gasteiger partial charge in [0, 0.05) is 19.1 Å². The Labute approximate surface area is 93.6 Å². The van der Waals surface area contributed by atoms with Gasteiger partial charge < -0.3 is 4.90 Å². The minimum absolute atomic E-state index is 0.968. The molecule has 0 N–H and O–H groups in total. The number of likely N-dealkylation sites (N-methyl/N-ethyl adjacent to an activating group) is 1. The Morgan fingerprint density at radius 1 is 0.933 bits per heavy atom. The Balaban J connectivity index is 1.62. The maximum atomic E-state index is 2.81. The van der Waals surface area contributed by atoms with E-state index in [4.69, 9.17) is 0 Å². The Morgan fingerprint density at radius 2 is 1.87 bits per heavy atom. The van der Waals surface area contributed by atoms with Crippen LogP contribution in [-0.2, 0) is 0 Å². The van der Waals surface area contributed by atoms with Crippen molar-refractivity contribution in [1.82, 2.24) is 9.80 Å². The zero-order valence-corrected chi connectivity index (χ0v) is 9.99. The van der Waals surface area contributed by atoms with Crippen LogP contribution in [0.1, 0.15) is 32.1 Å². The molecule has 0 aromatic heterocycles. The van der Waals surface area contributed by atoms with Crippen LogP contribution in [0.15, 0.2) is 0 Å². The van der Waals surface area contributed by atoms with Gasteiger partial charge >= 0.3 is 0 Å². The Morgan fingerprint density at radius 3 is 2.60 bits per heavy atom. The van der Waals surface area contributed by atoms with E-state index in [1.54, 1.807) is 6.42 Å². The summed E-state index contributed by atoms with van der Waals surface area (Å²) >= 11 is 0. The number of hydrogen-bond acceptors (Lipinski definition) is 2. The van der Waals surface area contributed by atoms with E-state index in [1.165, 1.54) is 51.9 Å². The Bertz CT molecular complexity index is 229. The van der Waals surface area contributed by atoms with Crippen LogP contribution >= 0.6 is 0 Å². The molecule has 2 aliphatic carbocycles. The van der Waals surface area contributed by atoms with Gasteiger partial charge in [0.25, 0.3) is 0 Å². The molecule has 2 heteroatoms. The molecular weight excluding hydrogens is 184 g/mol. The van der Waals surface area contributed by atoms with Gasteiger partial charge in [-0.15, -0.1) is 0 Å². The van der Waals surface area contributed by atoms with Crippen molar-refractivity contribution in [2.24, 2.45) is 11.8 Å². The number of hydrogen-bond donors (Lipinski definition) is 0. The third-order valence-electron chi connectivity index (χ3n) is 4.92. The molecule has 3 atom stereocenters. The van der Waals surface area contributed by atoms with Crippen molar-refractivity contribution >= 4 is 0 Å². The van der Waals surface area contributed by atoms with E-state index in [0.717, 1.165) is 17.9 Å². The Hall–Kier alpha value is -0.0800. The van der Waals surface area contributed by atoms with Gasteiger partial charge in [-0.1, -0.05) is 6.42 Å². The van der Waals surface area contributed by atoms with Gasteiger partial charge in [0.2, 0.25) is 0 Å². The van der Waals surface area contributed by atoms with Crippen LogP contribution in [0.25, 0.3) is 0 Å². The first-order chi connectivity index (χ1) is 7.33. The second-order valence-electron chi connectivity index (χ2n) is 5.94. The molecule has 3 fully saturated rings. The van der Waals surface area contributed by atoms with Gasteiger partial charge in [-0.3, -0.25) is 4.90 Å². The van der Waals surface area contributed by atoms with Gasteiger partial charge in [-0.25, -0.2) is 0 Å². The molecule has 3 aliphatic rings. The van der Waals surface area contributed by atoms with Crippen molar-refractivity contribution in [3.63, 3.8) is 0 Å². The fourth-order valence-electron chi connectivity index (χ4n) is 4.06. The fraction of sp³-hybridized carbons (Fsp3) is 1.00. The summed E-state index contributed by atoms with van der Waals surface area (Å²) in [5.41, 5.74) is 0. The lowest BCUT2D eigenvalue weighted by molar-refractivity contribution is 0.148. The van der Waals surface area contributed by atoms with Crippen LogP contribution in [-0.4, -0.2) is 49.1 Å². The predicted molar refractivity (Wildman–Crippen MR) is 62.9 cm³/mol. The molecule has 0 spiro atoms. The van der Waals surface area contributed by atoms with Crippen molar-refractivity contribution in [2.75, 3.05) is 33.2 Å². The number of nitrogens with zero attached hydrogens (tertiary/aromatic N) is 2. The molecular formula is C13H24N2. The normalized spacial score (nSPS) is 43.4. The van der Waals surface area contributed by atoms with E-state index in [9.17, 15) is 0 Å². The van der Waals surface area contributed by atoms with Gasteiger partial charge in [-0.05, 0) is 57.7 Å². The van der Waals surface area contributed by atoms with Gasteiger partial charge in [-0.2, -0.15) is 0 Å². The molecule has 2 nitrogen and oxygen atoms in total. The highest BCUT2D eigenvalue weighted by molar-refractivity contribution is 4.95. The summed E-state index contributed by atoms with van der Waals surface area (Å²) in [6, 6.07) is 0.968. The van der Waals surface area contributed by atoms with Crippen molar-refractivity contribution in [2.45, 2.75) is 38.1 Å². The SMILES string of the molecule is CN1CCCN(C2CC3CCC2C3)CC1. The molecule has 2 bridgehead atoms. The average molecular weight is 208 g/mol. The highest BCUT2D eigenvalue weighted by Gasteiger charge is 2.42. The zero-order valence-electron chi connectivity index (χ0n) is 9.99. The summed E-state index contributed by atoms with van der Waals surface area (Å²) in [7, 11) is 2.27. The lowest BCUT2D eigenvalue weighted by atomic mass is 9.94. The highest BCUT2D eigenvalue weighted by atomic mass is 15.2. The summed E-state index contributed by atoms with van der Waals surface area (Å²) in [6.45, 7) is 5.27. The minimum atomic E-state index is 0.968. The van der Waals surface area contributed by atoms with E-state index in [2.05, 4.69) is 16.8 Å². The second kappa shape index (κ2) is 4.06. The van der Waals surface area contributed by atoms with Crippen molar-refractivity contribution in [1.29, 1.82) is 0 Å². The summed E-state index contributed by atoms with van der Waals surface area (Å²) in [4.78, 5) is 5.31. The molecule has 0 radical (unpaired) electrons. The molecule has 3 unspecified atom stereocenters. The van der Waals surface area contributed by atoms with E-state index < -0.39 is 0 Å². The molecule has 0 aromatic carbocycles. The van der Waals surface area contributed by atoms with E-state index in [0.29, 0.717) is 0 Å². The number of rotatable bonds is 1. The summed E-state index contributed by atoms with van der Waals surface area (Å²) < 4.78 is 0. The zero-order chi connectivity index (χ0) is 10.3. The third kappa shape index (κ3) is 1.94. The average Bonchev–Trinajstić information content (AvgIpc) is 2.79. The van der Waals surface area contributed by atoms with Gasteiger partial charge in [0.1, 0.15) is 0 Å². The molecule has 15 heavy (non-hydrogen) atoms. The molecule has 86 valence electrons. The molecule has 3 rings (SSSR count). The van der Waals surface area contributed by atoms with E-state index in [-0.39, 0.29) is 0 Å². The first kappa shape index (κ1) is 10.1. The first-order valence-corrected chi connectivity index (χ1v) is 6.75. The minimum Gasteiger partial charge on any atom is -0.305 e. The van der Waals surface area contributed by atoms with Crippen LogP contribution in [0.2, 0.25) is 0 Å². The second-order valence-corrected chi connectivity index (χ2v) is 5.94. The summed E-state index contributed by atoms with van der Waals surface area (Å²) in [6.07, 6.45) is 7.52. The molecule has 1 saturated heterocycles. The van der Waals surface area contributed by atoms with Crippen molar-refractivity contribution < 1.29 is 0 Å². The standard InChI is InChI=1S/C13H24N2/c1-14-5-2-6-15(8-7-14)13-10-11-3-4-12(13)9-11/h11-13H,2-10H2,1H3. The lowest BCUT2D eigenvalue weighted by Gasteiger charge is -2.33. The topological polar surface area (TPSA) is 6.48 Å². The van der Waals surface area contributed by atoms with Crippen LogP contribution in [0.4, 0.5) is 0 Å². The third-order valence-corrected chi connectivity index (χ3v) is 4.92. The largest absolute Gasteiger partial charge is 0.305 e. The van der Waals surface area contributed by atoms with Crippen LogP contribution < -0.4 is 0 Å². The smallest absolute Gasteiger partial charge is 0.0127 e.